The minimum absolute atomic E-state index is 0.0244. The van der Waals surface area contributed by atoms with Crippen molar-refractivity contribution in [1.82, 2.24) is 15.6 Å². The van der Waals surface area contributed by atoms with E-state index in [0.717, 1.165) is 5.56 Å². The summed E-state index contributed by atoms with van der Waals surface area (Å²) in [7, 11) is 1.62. The Hall–Kier alpha value is -1.46. The van der Waals surface area contributed by atoms with E-state index in [1.165, 1.54) is 0 Å². The summed E-state index contributed by atoms with van der Waals surface area (Å²) in [6, 6.07) is 3.87. The van der Waals surface area contributed by atoms with Crippen molar-refractivity contribution < 1.29 is 9.53 Å². The van der Waals surface area contributed by atoms with E-state index in [9.17, 15) is 4.79 Å². The summed E-state index contributed by atoms with van der Waals surface area (Å²) < 4.78 is 4.94. The molecular weight excluding hydrogens is 218 g/mol. The van der Waals surface area contributed by atoms with Crippen molar-refractivity contribution in [2.75, 3.05) is 20.3 Å². The molecule has 0 radical (unpaired) electrons. The van der Waals surface area contributed by atoms with Gasteiger partial charge in [-0.1, -0.05) is 0 Å². The summed E-state index contributed by atoms with van der Waals surface area (Å²) in [5, 5.41) is 5.90. The zero-order valence-electron chi connectivity index (χ0n) is 10.3. The molecule has 0 aliphatic rings. The molecule has 0 aliphatic heterocycles. The van der Waals surface area contributed by atoms with Gasteiger partial charge in [-0.2, -0.15) is 0 Å². The molecule has 1 aromatic heterocycles. The fourth-order valence-electron chi connectivity index (χ4n) is 1.44. The van der Waals surface area contributed by atoms with Crippen molar-refractivity contribution in [3.63, 3.8) is 0 Å². The van der Waals surface area contributed by atoms with Crippen molar-refractivity contribution in [1.29, 1.82) is 0 Å². The predicted molar refractivity (Wildman–Crippen MR) is 65.4 cm³/mol. The average molecular weight is 237 g/mol. The summed E-state index contributed by atoms with van der Waals surface area (Å²) in [5.74, 6) is -0.0244. The van der Waals surface area contributed by atoms with Gasteiger partial charge in [0.15, 0.2) is 0 Å². The van der Waals surface area contributed by atoms with Gasteiger partial charge in [-0.25, -0.2) is 0 Å². The lowest BCUT2D eigenvalue weighted by atomic mass is 10.3. The summed E-state index contributed by atoms with van der Waals surface area (Å²) in [4.78, 5) is 15.4. The molecule has 2 N–H and O–H groups in total. The van der Waals surface area contributed by atoms with Gasteiger partial charge in [0, 0.05) is 32.1 Å². The topological polar surface area (TPSA) is 63.2 Å². The Kier molecular flexibility index (Phi) is 6.21. The third-order valence-electron chi connectivity index (χ3n) is 2.19. The van der Waals surface area contributed by atoms with Gasteiger partial charge < -0.3 is 15.4 Å². The first-order valence-electron chi connectivity index (χ1n) is 5.60. The fraction of sp³-hybridized carbons (Fsp3) is 0.500. The van der Waals surface area contributed by atoms with Crippen LogP contribution in [0.1, 0.15) is 12.5 Å². The third kappa shape index (κ3) is 5.99. The number of rotatable bonds is 7. The molecule has 5 heteroatoms. The fourth-order valence-corrected chi connectivity index (χ4v) is 1.44. The molecule has 0 saturated carbocycles. The highest BCUT2D eigenvalue weighted by atomic mass is 16.5. The van der Waals surface area contributed by atoms with Gasteiger partial charge in [-0.15, -0.1) is 0 Å². The van der Waals surface area contributed by atoms with Crippen molar-refractivity contribution in [2.24, 2.45) is 0 Å². The number of aromatic nitrogens is 1. The van der Waals surface area contributed by atoms with Crippen LogP contribution in [0.3, 0.4) is 0 Å². The maximum Gasteiger partial charge on any atom is 0.234 e. The number of carbonyl (C=O) groups is 1. The molecule has 1 heterocycles. The highest BCUT2D eigenvalue weighted by molar-refractivity contribution is 5.78. The molecule has 0 spiro atoms. The van der Waals surface area contributed by atoms with Gasteiger partial charge in [-0.05, 0) is 24.6 Å². The van der Waals surface area contributed by atoms with E-state index in [1.54, 1.807) is 19.5 Å². The smallest absolute Gasteiger partial charge is 0.234 e. The lowest BCUT2D eigenvalue weighted by Crippen LogP contribution is -2.40. The van der Waals surface area contributed by atoms with Crippen LogP contribution in [0.2, 0.25) is 0 Å². The van der Waals surface area contributed by atoms with Crippen LogP contribution < -0.4 is 10.6 Å². The SMILES string of the molecule is COCC(C)NC(=O)CNCc1ccncc1. The number of pyridine rings is 1. The number of hydrogen-bond donors (Lipinski definition) is 2. The van der Waals surface area contributed by atoms with E-state index in [2.05, 4.69) is 15.6 Å². The Labute approximate surface area is 102 Å². The molecule has 0 bridgehead atoms. The number of ether oxygens (including phenoxy) is 1. The largest absolute Gasteiger partial charge is 0.383 e. The van der Waals surface area contributed by atoms with Crippen LogP contribution in [0.25, 0.3) is 0 Å². The molecule has 1 atom stereocenters. The normalized spacial score (nSPS) is 12.1. The third-order valence-corrected chi connectivity index (χ3v) is 2.19. The molecule has 1 aromatic rings. The van der Waals surface area contributed by atoms with Crippen LogP contribution in [0.4, 0.5) is 0 Å². The lowest BCUT2D eigenvalue weighted by Gasteiger charge is -2.12. The summed E-state index contributed by atoms with van der Waals surface area (Å²) in [6.07, 6.45) is 3.47. The Morgan fingerprint density at radius 2 is 2.18 bits per heavy atom. The highest BCUT2D eigenvalue weighted by Crippen LogP contribution is 1.94. The monoisotopic (exact) mass is 237 g/mol. The van der Waals surface area contributed by atoms with E-state index in [1.807, 2.05) is 19.1 Å². The minimum atomic E-state index is -0.0244. The number of nitrogens with one attached hydrogen (secondary N) is 2. The first-order valence-corrected chi connectivity index (χ1v) is 5.60. The maximum atomic E-state index is 11.5. The molecule has 1 rings (SSSR count). The first kappa shape index (κ1) is 13.6. The predicted octanol–water partition coefficient (Wildman–Crippen LogP) is 0.322. The molecule has 0 saturated heterocycles. The van der Waals surface area contributed by atoms with Crippen molar-refractivity contribution in [2.45, 2.75) is 19.5 Å². The first-order chi connectivity index (χ1) is 8.22. The molecule has 0 aromatic carbocycles. The second kappa shape index (κ2) is 7.76. The zero-order valence-corrected chi connectivity index (χ0v) is 10.3. The van der Waals surface area contributed by atoms with E-state index in [4.69, 9.17) is 4.74 Å². The van der Waals surface area contributed by atoms with E-state index in [0.29, 0.717) is 19.7 Å². The van der Waals surface area contributed by atoms with Gasteiger partial charge in [0.2, 0.25) is 5.91 Å². The molecular formula is C12H19N3O2. The molecule has 94 valence electrons. The quantitative estimate of drug-likeness (QED) is 0.717. The zero-order chi connectivity index (χ0) is 12.5. The highest BCUT2D eigenvalue weighted by Gasteiger charge is 2.05. The second-order valence-electron chi connectivity index (χ2n) is 3.88. The van der Waals surface area contributed by atoms with Gasteiger partial charge in [0.05, 0.1) is 13.2 Å². The molecule has 5 nitrogen and oxygen atoms in total. The van der Waals surface area contributed by atoms with Crippen LogP contribution in [-0.4, -0.2) is 37.2 Å². The minimum Gasteiger partial charge on any atom is -0.383 e. The van der Waals surface area contributed by atoms with Crippen molar-refractivity contribution in [3.05, 3.63) is 30.1 Å². The Morgan fingerprint density at radius 1 is 1.47 bits per heavy atom. The Bertz CT molecular complexity index is 330. The summed E-state index contributed by atoms with van der Waals surface area (Å²) >= 11 is 0. The van der Waals surface area contributed by atoms with E-state index in [-0.39, 0.29) is 11.9 Å². The number of amides is 1. The standard InChI is InChI=1S/C12H19N3O2/c1-10(9-17-2)15-12(16)8-14-7-11-3-5-13-6-4-11/h3-6,10,14H,7-9H2,1-2H3,(H,15,16). The molecule has 1 unspecified atom stereocenters. The van der Waals surface area contributed by atoms with Gasteiger partial charge in [0.1, 0.15) is 0 Å². The second-order valence-corrected chi connectivity index (χ2v) is 3.88. The van der Waals surface area contributed by atoms with Crippen molar-refractivity contribution >= 4 is 5.91 Å². The van der Waals surface area contributed by atoms with Gasteiger partial charge >= 0.3 is 0 Å². The van der Waals surface area contributed by atoms with Crippen molar-refractivity contribution in [3.8, 4) is 0 Å². The molecule has 1 amide bonds. The molecule has 0 fully saturated rings. The van der Waals surface area contributed by atoms with Crippen LogP contribution in [0.5, 0.6) is 0 Å². The van der Waals surface area contributed by atoms with E-state index >= 15 is 0 Å². The molecule has 0 aliphatic carbocycles. The Balaban J connectivity index is 2.16. The van der Waals surface area contributed by atoms with Crippen LogP contribution in [-0.2, 0) is 16.1 Å². The number of hydrogen-bond acceptors (Lipinski definition) is 4. The summed E-state index contributed by atoms with van der Waals surface area (Å²) in [5.41, 5.74) is 1.11. The van der Waals surface area contributed by atoms with Gasteiger partial charge in [0.25, 0.3) is 0 Å². The maximum absolute atomic E-state index is 11.5. The number of carbonyl (C=O) groups excluding carboxylic acids is 1. The summed E-state index contributed by atoms with van der Waals surface area (Å²) in [6.45, 7) is 3.39. The van der Waals surface area contributed by atoms with Crippen LogP contribution in [0, 0.1) is 0 Å². The van der Waals surface area contributed by atoms with Crippen LogP contribution in [0.15, 0.2) is 24.5 Å². The number of methoxy groups -OCH3 is 1. The lowest BCUT2D eigenvalue weighted by molar-refractivity contribution is -0.121. The number of nitrogens with zero attached hydrogens (tertiary/aromatic N) is 1. The van der Waals surface area contributed by atoms with Gasteiger partial charge in [-0.3, -0.25) is 9.78 Å². The average Bonchev–Trinajstić information content (AvgIpc) is 2.30. The van der Waals surface area contributed by atoms with E-state index < -0.39 is 0 Å². The van der Waals surface area contributed by atoms with Crippen LogP contribution >= 0.6 is 0 Å². The molecule has 17 heavy (non-hydrogen) atoms. The Morgan fingerprint density at radius 3 is 2.82 bits per heavy atom.